The highest BCUT2D eigenvalue weighted by Gasteiger charge is 2.48. The lowest BCUT2D eigenvalue weighted by atomic mass is 9.86. The second-order valence-corrected chi connectivity index (χ2v) is 11.2. The molecule has 6 heterocycles. The summed E-state index contributed by atoms with van der Waals surface area (Å²) in [7, 11) is 1.56. The number of piperidine rings is 1. The number of anilines is 1. The van der Waals surface area contributed by atoms with Crippen LogP contribution in [0.2, 0.25) is 0 Å². The highest BCUT2D eigenvalue weighted by Crippen LogP contribution is 2.38. The zero-order valence-corrected chi connectivity index (χ0v) is 23.1. The Labute approximate surface area is 239 Å². The van der Waals surface area contributed by atoms with Gasteiger partial charge in [0.25, 0.3) is 0 Å². The summed E-state index contributed by atoms with van der Waals surface area (Å²) in [6.07, 6.45) is 2.24. The summed E-state index contributed by atoms with van der Waals surface area (Å²) < 4.78 is 57.2. The molecule has 15 heteroatoms. The van der Waals surface area contributed by atoms with Crippen molar-refractivity contribution >= 4 is 12.2 Å². The molecule has 2 atom stereocenters. The van der Waals surface area contributed by atoms with Gasteiger partial charge in [0.15, 0.2) is 11.5 Å². The third kappa shape index (κ3) is 5.08. The summed E-state index contributed by atoms with van der Waals surface area (Å²) in [6.45, 7) is 2.63. The van der Waals surface area contributed by atoms with Crippen LogP contribution in [0.15, 0.2) is 35.7 Å². The van der Waals surface area contributed by atoms with Gasteiger partial charge in [-0.2, -0.15) is 18.3 Å². The number of rotatable bonds is 8. The number of H-pyrrole nitrogens is 1. The van der Waals surface area contributed by atoms with Crippen LogP contribution in [0.4, 0.5) is 23.4 Å². The molecule has 3 aromatic heterocycles. The number of aliphatic hydroxyl groups excluding tert-OH is 1. The molecular weight excluding hydrogens is 556 g/mol. The van der Waals surface area contributed by atoms with Crippen molar-refractivity contribution in [3.63, 3.8) is 0 Å². The monoisotopic (exact) mass is 590 g/mol. The minimum atomic E-state index is -4.97. The van der Waals surface area contributed by atoms with E-state index in [1.54, 1.807) is 18.3 Å². The first-order valence-corrected chi connectivity index (χ1v) is 13.9. The molecule has 0 amide bonds. The van der Waals surface area contributed by atoms with Gasteiger partial charge < -0.3 is 26.5 Å². The molecule has 226 valence electrons. The molecule has 0 spiro atoms. The Hall–Kier alpha value is -3.37. The predicted molar refractivity (Wildman–Crippen MR) is 147 cm³/mol. The summed E-state index contributed by atoms with van der Waals surface area (Å²) in [5, 5.41) is 21.4. The molecule has 0 aliphatic carbocycles. The topological polar surface area (TPSA) is 136 Å². The van der Waals surface area contributed by atoms with Gasteiger partial charge in [-0.15, -0.1) is 0 Å². The van der Waals surface area contributed by atoms with Gasteiger partial charge in [0.05, 0.1) is 18.2 Å². The first-order chi connectivity index (χ1) is 20.1. The van der Waals surface area contributed by atoms with Crippen LogP contribution in [0.25, 0.3) is 0 Å². The van der Waals surface area contributed by atoms with E-state index in [0.717, 1.165) is 16.9 Å². The number of aromatic amines is 1. The van der Waals surface area contributed by atoms with Gasteiger partial charge in [-0.1, -0.05) is 0 Å². The maximum Gasteiger partial charge on any atom is 0.436 e. The van der Waals surface area contributed by atoms with Crippen LogP contribution in [-0.2, 0) is 18.3 Å². The van der Waals surface area contributed by atoms with Crippen molar-refractivity contribution in [2.24, 2.45) is 10.7 Å². The molecule has 3 aliphatic heterocycles. The fraction of sp³-hybridized carbons (Fsp3) is 0.519. The van der Waals surface area contributed by atoms with E-state index < -0.39 is 29.5 Å². The van der Waals surface area contributed by atoms with Gasteiger partial charge in [-0.3, -0.25) is 19.5 Å². The molecule has 0 saturated carbocycles. The smallest absolute Gasteiger partial charge is 0.374 e. The van der Waals surface area contributed by atoms with Gasteiger partial charge in [-0.25, -0.2) is 9.37 Å². The first-order valence-electron chi connectivity index (χ1n) is 13.9. The zero-order valence-electron chi connectivity index (χ0n) is 23.1. The van der Waals surface area contributed by atoms with E-state index in [4.69, 9.17) is 5.73 Å². The zero-order chi connectivity index (χ0) is 29.6. The molecule has 3 aromatic rings. The number of pyridine rings is 1. The molecule has 0 aromatic carbocycles. The number of aromatic nitrogens is 4. The van der Waals surface area contributed by atoms with Gasteiger partial charge in [-0.05, 0) is 32.0 Å². The summed E-state index contributed by atoms with van der Waals surface area (Å²) in [4.78, 5) is 15.1. The minimum Gasteiger partial charge on any atom is -0.374 e. The summed E-state index contributed by atoms with van der Waals surface area (Å²) >= 11 is 0. The van der Waals surface area contributed by atoms with Crippen molar-refractivity contribution in [2.45, 2.75) is 49.4 Å². The third-order valence-electron chi connectivity index (χ3n) is 8.59. The lowest BCUT2D eigenvalue weighted by Gasteiger charge is -2.54. The number of nitrogens with one attached hydrogen (secondary N) is 3. The molecule has 2 fully saturated rings. The maximum atomic E-state index is 14.9. The highest BCUT2D eigenvalue weighted by atomic mass is 19.4. The summed E-state index contributed by atoms with van der Waals surface area (Å²) in [5.74, 6) is -0.623. The lowest BCUT2D eigenvalue weighted by molar-refractivity contribution is -0.144. The fourth-order valence-corrected chi connectivity index (χ4v) is 6.27. The number of hydrogen-bond acceptors (Lipinski definition) is 9. The van der Waals surface area contributed by atoms with Crippen LogP contribution >= 0.6 is 0 Å². The van der Waals surface area contributed by atoms with Crippen molar-refractivity contribution in [3.8, 4) is 0 Å². The van der Waals surface area contributed by atoms with Gasteiger partial charge in [0.1, 0.15) is 23.6 Å². The quantitative estimate of drug-likeness (QED) is 0.252. The van der Waals surface area contributed by atoms with E-state index in [2.05, 4.69) is 35.6 Å². The number of aliphatic imine (C=N–C) groups is 1. The maximum absolute atomic E-state index is 14.9. The second kappa shape index (κ2) is 11.0. The Kier molecular flexibility index (Phi) is 7.55. The largest absolute Gasteiger partial charge is 0.436 e. The predicted octanol–water partition coefficient (Wildman–Crippen LogP) is 2.15. The number of hydrogen-bond donors (Lipinski definition) is 5. The first kappa shape index (κ1) is 28.7. The average molecular weight is 591 g/mol. The van der Waals surface area contributed by atoms with Crippen molar-refractivity contribution in [3.05, 3.63) is 64.6 Å². The Morgan fingerprint density at radius 3 is 2.71 bits per heavy atom. The molecular formula is C27H34F4N10O. The number of nitrogens with two attached hydrogens (primary N) is 1. The van der Waals surface area contributed by atoms with Crippen molar-refractivity contribution < 1.29 is 22.7 Å². The van der Waals surface area contributed by atoms with Crippen molar-refractivity contribution in [1.82, 2.24) is 34.9 Å². The lowest BCUT2D eigenvalue weighted by Crippen LogP contribution is -2.69. The molecule has 2 unspecified atom stereocenters. The number of aliphatic hydroxyl groups is 1. The SMILES string of the molecule is CNCc1cc(C(O)N2CCC(N3CC(CN)(n4cc(C5N=CNc6[nH]ccc65)cn4)C3)CC2)c(F)c(C(F)(F)F)n1. The number of fused-ring (bicyclic) bond motifs is 1. The van der Waals surface area contributed by atoms with E-state index in [9.17, 15) is 22.7 Å². The van der Waals surface area contributed by atoms with Gasteiger partial charge >= 0.3 is 6.18 Å². The molecule has 0 radical (unpaired) electrons. The van der Waals surface area contributed by atoms with Crippen LogP contribution < -0.4 is 16.4 Å². The third-order valence-corrected chi connectivity index (χ3v) is 8.59. The van der Waals surface area contributed by atoms with Crippen LogP contribution in [-0.4, -0.2) is 86.8 Å². The Morgan fingerprint density at radius 1 is 1.26 bits per heavy atom. The number of likely N-dealkylation sites (tertiary alicyclic amines) is 2. The van der Waals surface area contributed by atoms with Crippen LogP contribution in [0.1, 0.15) is 53.2 Å². The van der Waals surface area contributed by atoms with E-state index in [-0.39, 0.29) is 29.9 Å². The van der Waals surface area contributed by atoms with Gasteiger partial charge in [0, 0.05) is 74.4 Å². The van der Waals surface area contributed by atoms with Crippen molar-refractivity contribution in [1.29, 1.82) is 0 Å². The molecule has 2 saturated heterocycles. The molecule has 3 aliphatic rings. The van der Waals surface area contributed by atoms with E-state index >= 15 is 0 Å². The highest BCUT2D eigenvalue weighted by molar-refractivity contribution is 5.79. The molecule has 42 heavy (non-hydrogen) atoms. The Morgan fingerprint density at radius 2 is 2.02 bits per heavy atom. The van der Waals surface area contributed by atoms with E-state index in [1.165, 1.54) is 6.07 Å². The Bertz CT molecular complexity index is 1440. The van der Waals surface area contributed by atoms with Crippen LogP contribution in [0.3, 0.4) is 0 Å². The van der Waals surface area contributed by atoms with Crippen molar-refractivity contribution in [2.75, 3.05) is 45.1 Å². The fourth-order valence-electron chi connectivity index (χ4n) is 6.27. The van der Waals surface area contributed by atoms with Crippen LogP contribution in [0.5, 0.6) is 0 Å². The minimum absolute atomic E-state index is 0.0103. The standard InChI is InChI=1S/C27H34F4N10O/c1-33-10-17-8-20(21(28)23(38-17)27(29,30)31)25(42)39-6-3-18(4-7-39)40-13-26(12-32,14-40)41-11-16(9-37-41)22-19-2-5-34-24(19)36-15-35-22/h2,5,8-9,11,15,18,22,25,33-34,42H,3-4,6-7,10,12-14,32H2,1H3,(H,35,36). The molecule has 6 N–H and O–H groups in total. The molecule has 6 rings (SSSR count). The normalized spacial score (nSPS) is 22.0. The van der Waals surface area contributed by atoms with E-state index in [1.807, 2.05) is 29.3 Å². The van der Waals surface area contributed by atoms with Gasteiger partial charge in [0.2, 0.25) is 0 Å². The summed E-state index contributed by atoms with van der Waals surface area (Å²) in [5.41, 5.74) is 5.90. The average Bonchev–Trinajstić information content (AvgIpc) is 3.64. The second-order valence-electron chi connectivity index (χ2n) is 11.2. The summed E-state index contributed by atoms with van der Waals surface area (Å²) in [6, 6.07) is 3.24. The number of alkyl halides is 3. The van der Waals surface area contributed by atoms with Crippen LogP contribution in [0, 0.1) is 5.82 Å². The molecule has 11 nitrogen and oxygen atoms in total. The van der Waals surface area contributed by atoms with E-state index in [0.29, 0.717) is 45.6 Å². The number of halogens is 4. The number of nitrogens with zero attached hydrogens (tertiary/aromatic N) is 6. The molecule has 0 bridgehead atoms. The Balaban J connectivity index is 1.09.